The molecule has 0 unspecified atom stereocenters. The summed E-state index contributed by atoms with van der Waals surface area (Å²) in [6.07, 6.45) is -6.86. The molecule has 2 aromatic carbocycles. The monoisotopic (exact) mass is 475 g/mol. The molecule has 3 rings (SSSR count). The van der Waals surface area contributed by atoms with Crippen molar-refractivity contribution in [2.24, 2.45) is 0 Å². The minimum absolute atomic E-state index is 0.00461. The molecule has 0 radical (unpaired) electrons. The number of carbonyl (C=O) groups is 1. The summed E-state index contributed by atoms with van der Waals surface area (Å²) >= 11 is 0. The fourth-order valence-corrected chi connectivity index (χ4v) is 3.69. The Morgan fingerprint density at radius 3 is 2.55 bits per heavy atom. The fourth-order valence-electron chi connectivity index (χ4n) is 3.69. The first-order valence-electron chi connectivity index (χ1n) is 9.63. The van der Waals surface area contributed by atoms with Gasteiger partial charge in [0.15, 0.2) is 11.6 Å². The van der Waals surface area contributed by atoms with Crippen LogP contribution < -0.4 is 15.0 Å². The van der Waals surface area contributed by atoms with Gasteiger partial charge in [-0.15, -0.1) is 0 Å². The van der Waals surface area contributed by atoms with E-state index < -0.39 is 70.2 Å². The molecule has 33 heavy (non-hydrogen) atoms. The molecule has 0 spiro atoms. The lowest BCUT2D eigenvalue weighted by Crippen LogP contribution is -2.52. The van der Waals surface area contributed by atoms with Crippen molar-refractivity contribution in [3.05, 3.63) is 57.9 Å². The van der Waals surface area contributed by atoms with E-state index in [0.29, 0.717) is 6.07 Å². The minimum atomic E-state index is -5.18. The van der Waals surface area contributed by atoms with Crippen LogP contribution in [0.4, 0.5) is 38.1 Å². The van der Waals surface area contributed by atoms with Crippen LogP contribution in [0.3, 0.4) is 0 Å². The summed E-state index contributed by atoms with van der Waals surface area (Å²) in [5.41, 5.74) is -5.71. The van der Waals surface area contributed by atoms with Crippen molar-refractivity contribution in [1.82, 2.24) is 5.32 Å². The maximum atomic E-state index is 15.2. The second kappa shape index (κ2) is 9.08. The van der Waals surface area contributed by atoms with Crippen molar-refractivity contribution in [3.8, 4) is 11.5 Å². The summed E-state index contributed by atoms with van der Waals surface area (Å²) in [5, 5.41) is 22.2. The number of alkyl halides is 4. The second-order valence-electron chi connectivity index (χ2n) is 7.43. The molecule has 13 heteroatoms. The van der Waals surface area contributed by atoms with Crippen molar-refractivity contribution >= 4 is 17.5 Å². The molecule has 0 saturated carbocycles. The van der Waals surface area contributed by atoms with Crippen molar-refractivity contribution in [2.75, 3.05) is 24.5 Å². The zero-order valence-corrected chi connectivity index (χ0v) is 16.9. The smallest absolute Gasteiger partial charge is 0.422 e. The number of anilines is 1. The molecule has 0 aliphatic carbocycles. The topological polar surface area (TPSA) is 105 Å². The van der Waals surface area contributed by atoms with Crippen LogP contribution in [0.25, 0.3) is 0 Å². The summed E-state index contributed by atoms with van der Waals surface area (Å²) in [6.45, 7) is -1.61. The number of nitro benzene ring substituents is 1. The number of rotatable bonds is 6. The summed E-state index contributed by atoms with van der Waals surface area (Å²) < 4.78 is 76.8. The van der Waals surface area contributed by atoms with Gasteiger partial charge in [-0.2, -0.15) is 13.2 Å². The number of nitro groups is 1. The normalized spacial score (nSPS) is 18.6. The number of amides is 1. The third-order valence-corrected chi connectivity index (χ3v) is 5.05. The Kier molecular flexibility index (Phi) is 6.60. The first-order chi connectivity index (χ1) is 15.4. The van der Waals surface area contributed by atoms with Crippen LogP contribution in [-0.2, 0) is 6.18 Å². The first-order valence-corrected chi connectivity index (χ1v) is 9.63. The molecule has 0 aromatic heterocycles. The molecule has 178 valence electrons. The van der Waals surface area contributed by atoms with E-state index in [-0.39, 0.29) is 19.4 Å². The van der Waals surface area contributed by atoms with Gasteiger partial charge >= 0.3 is 12.3 Å². The zero-order valence-electron chi connectivity index (χ0n) is 16.9. The molecule has 2 aromatic rings. The molecule has 0 bridgehead atoms. The van der Waals surface area contributed by atoms with E-state index in [9.17, 15) is 32.5 Å². The van der Waals surface area contributed by atoms with Gasteiger partial charge in [0.25, 0.3) is 5.69 Å². The highest BCUT2D eigenvalue weighted by molar-refractivity contribution is 5.73. The molecule has 1 aliphatic rings. The average molecular weight is 475 g/mol. The van der Waals surface area contributed by atoms with Crippen molar-refractivity contribution < 1.29 is 41.5 Å². The van der Waals surface area contributed by atoms with E-state index in [0.717, 1.165) is 23.1 Å². The Morgan fingerprint density at radius 1 is 1.24 bits per heavy atom. The summed E-state index contributed by atoms with van der Waals surface area (Å²) in [7, 11) is 0. The van der Waals surface area contributed by atoms with Crippen molar-refractivity contribution in [2.45, 2.75) is 24.7 Å². The number of halogens is 5. The number of nitrogens with one attached hydrogen (secondary N) is 1. The Balaban J connectivity index is 2.13. The lowest BCUT2D eigenvalue weighted by atomic mass is 9.93. The number of ether oxygens (including phenoxy) is 1. The SMILES string of the molecule is O=C(O)NC[C@]1(F)CCCN(c2c([N+](=O)[O-])ccc(Oc3ccccc3F)c2C(F)(F)F)C1. The summed E-state index contributed by atoms with van der Waals surface area (Å²) in [4.78, 5) is 22.1. The number of benzene rings is 2. The van der Waals surface area contributed by atoms with Crippen LogP contribution in [0.2, 0.25) is 0 Å². The first kappa shape index (κ1) is 24.0. The van der Waals surface area contributed by atoms with E-state index in [1.807, 2.05) is 5.32 Å². The number of nitrogens with zero attached hydrogens (tertiary/aromatic N) is 2. The quantitative estimate of drug-likeness (QED) is 0.341. The third kappa shape index (κ3) is 5.41. The lowest BCUT2D eigenvalue weighted by molar-refractivity contribution is -0.384. The molecule has 8 nitrogen and oxygen atoms in total. The fraction of sp³-hybridized carbons (Fsp3) is 0.350. The highest BCUT2D eigenvalue weighted by Gasteiger charge is 2.46. The van der Waals surface area contributed by atoms with E-state index in [4.69, 9.17) is 9.84 Å². The highest BCUT2D eigenvalue weighted by atomic mass is 19.4. The van der Waals surface area contributed by atoms with Crippen LogP contribution >= 0.6 is 0 Å². The Hall–Kier alpha value is -3.64. The van der Waals surface area contributed by atoms with Gasteiger partial charge in [-0.25, -0.2) is 13.6 Å². The van der Waals surface area contributed by atoms with Gasteiger partial charge in [0, 0.05) is 12.6 Å². The van der Waals surface area contributed by atoms with Gasteiger partial charge in [0.1, 0.15) is 22.7 Å². The van der Waals surface area contributed by atoms with Crippen molar-refractivity contribution in [3.63, 3.8) is 0 Å². The summed E-state index contributed by atoms with van der Waals surface area (Å²) in [6, 6.07) is 6.15. The number of hydrogen-bond acceptors (Lipinski definition) is 5. The molecule has 1 heterocycles. The summed E-state index contributed by atoms with van der Waals surface area (Å²) in [5.74, 6) is -2.38. The zero-order chi connectivity index (χ0) is 24.4. The molecule has 1 fully saturated rings. The minimum Gasteiger partial charge on any atom is -0.465 e. The van der Waals surface area contributed by atoms with Gasteiger partial charge in [-0.1, -0.05) is 12.1 Å². The molecular formula is C20H18F5N3O5. The predicted molar refractivity (Wildman–Crippen MR) is 106 cm³/mol. The van der Waals surface area contributed by atoms with E-state index in [1.165, 1.54) is 12.1 Å². The Labute approximate surface area is 183 Å². The standard InChI is InChI=1S/C20H18F5N3O5/c21-12-4-1-2-5-14(12)33-15-7-6-13(28(31)32)17(16(15)20(23,24)25)27-9-3-8-19(22,11-27)10-26-18(29)30/h1-2,4-7,26H,3,8-11H2,(H,29,30)/t19-/m1/s1. The van der Waals surface area contributed by atoms with Crippen LogP contribution in [0.1, 0.15) is 18.4 Å². The Morgan fingerprint density at radius 2 is 1.94 bits per heavy atom. The third-order valence-electron chi connectivity index (χ3n) is 5.05. The maximum absolute atomic E-state index is 15.2. The number of hydrogen-bond donors (Lipinski definition) is 2. The molecule has 1 amide bonds. The van der Waals surface area contributed by atoms with Gasteiger partial charge in [-0.05, 0) is 31.0 Å². The molecule has 1 saturated heterocycles. The second-order valence-corrected chi connectivity index (χ2v) is 7.43. The van der Waals surface area contributed by atoms with Crippen LogP contribution in [-0.4, -0.2) is 41.4 Å². The van der Waals surface area contributed by atoms with Crippen LogP contribution in [0.5, 0.6) is 11.5 Å². The lowest BCUT2D eigenvalue weighted by Gasteiger charge is -2.39. The van der Waals surface area contributed by atoms with Crippen LogP contribution in [0.15, 0.2) is 36.4 Å². The highest BCUT2D eigenvalue weighted by Crippen LogP contribution is 2.49. The predicted octanol–water partition coefficient (Wildman–Crippen LogP) is 5.12. The van der Waals surface area contributed by atoms with Gasteiger partial charge in [0.2, 0.25) is 0 Å². The van der Waals surface area contributed by atoms with E-state index >= 15 is 4.39 Å². The number of carboxylic acid groups (broad SMARTS) is 1. The van der Waals surface area contributed by atoms with Crippen LogP contribution in [0, 0.1) is 15.9 Å². The van der Waals surface area contributed by atoms with Crippen molar-refractivity contribution in [1.29, 1.82) is 0 Å². The number of piperidine rings is 1. The maximum Gasteiger partial charge on any atom is 0.422 e. The molecule has 1 aliphatic heterocycles. The van der Waals surface area contributed by atoms with E-state index in [2.05, 4.69) is 0 Å². The van der Waals surface area contributed by atoms with Gasteiger partial charge < -0.3 is 20.1 Å². The Bertz CT molecular complexity index is 1060. The van der Waals surface area contributed by atoms with Gasteiger partial charge in [0.05, 0.1) is 18.0 Å². The van der Waals surface area contributed by atoms with E-state index in [1.54, 1.807) is 0 Å². The molecule has 1 atom stereocenters. The largest absolute Gasteiger partial charge is 0.465 e. The average Bonchev–Trinajstić information content (AvgIpc) is 2.72. The van der Waals surface area contributed by atoms with Gasteiger partial charge in [-0.3, -0.25) is 10.1 Å². The molecule has 2 N–H and O–H groups in total. The number of para-hydroxylation sites is 1. The molecular weight excluding hydrogens is 457 g/mol.